The van der Waals surface area contributed by atoms with Crippen LogP contribution < -0.4 is 9.54 Å². The molecule has 0 atom stereocenters. The van der Waals surface area contributed by atoms with Crippen molar-refractivity contribution in [2.45, 2.75) is 6.54 Å². The molecular weight excluding hydrogens is 395 g/mol. The van der Waals surface area contributed by atoms with Gasteiger partial charge in [-0.3, -0.25) is 4.79 Å². The number of hydrogen-bond donors (Lipinski definition) is 0. The lowest BCUT2D eigenvalue weighted by Crippen LogP contribution is -2.19. The van der Waals surface area contributed by atoms with Crippen molar-refractivity contribution in [3.8, 4) is 5.75 Å². The van der Waals surface area contributed by atoms with Crippen LogP contribution in [0, 0.1) is 0 Å². The second-order valence-corrected chi connectivity index (χ2v) is 7.18. The SMILES string of the molecule is COCCn1c(=NC(=O)c2ccc(OC)cc2)sc2ccc(Cl)c(Cl)c21. The van der Waals surface area contributed by atoms with Gasteiger partial charge in [-0.15, -0.1) is 0 Å². The number of fused-ring (bicyclic) bond motifs is 1. The first-order valence-corrected chi connectivity index (χ1v) is 9.31. The van der Waals surface area contributed by atoms with Gasteiger partial charge in [0.1, 0.15) is 5.75 Å². The fourth-order valence-electron chi connectivity index (χ4n) is 2.46. The number of halogens is 2. The minimum absolute atomic E-state index is 0.340. The van der Waals surface area contributed by atoms with E-state index in [9.17, 15) is 4.79 Å². The Labute approximate surface area is 164 Å². The quantitative estimate of drug-likeness (QED) is 0.625. The molecule has 8 heteroatoms. The van der Waals surface area contributed by atoms with Crippen LogP contribution in [-0.4, -0.2) is 31.3 Å². The highest BCUT2D eigenvalue weighted by atomic mass is 35.5. The summed E-state index contributed by atoms with van der Waals surface area (Å²) in [5.74, 6) is 0.340. The highest BCUT2D eigenvalue weighted by Gasteiger charge is 2.14. The van der Waals surface area contributed by atoms with E-state index in [1.165, 1.54) is 11.3 Å². The Balaban J connectivity index is 2.11. The number of ether oxygens (including phenoxy) is 2. The number of aromatic nitrogens is 1. The third-order valence-corrected chi connectivity index (χ3v) is 5.63. The summed E-state index contributed by atoms with van der Waals surface area (Å²) in [7, 11) is 3.19. The molecule has 1 aromatic heterocycles. The van der Waals surface area contributed by atoms with Crippen molar-refractivity contribution in [3.05, 3.63) is 56.8 Å². The predicted octanol–water partition coefficient (Wildman–Crippen LogP) is 4.41. The molecular formula is C18H16Cl2N2O3S. The molecule has 0 aliphatic carbocycles. The van der Waals surface area contributed by atoms with E-state index in [0.29, 0.717) is 39.3 Å². The average Bonchev–Trinajstić information content (AvgIpc) is 3.00. The Hall–Kier alpha value is -1.86. The average molecular weight is 411 g/mol. The van der Waals surface area contributed by atoms with Gasteiger partial charge in [-0.05, 0) is 36.4 Å². The topological polar surface area (TPSA) is 52.8 Å². The first-order chi connectivity index (χ1) is 12.5. The molecule has 5 nitrogen and oxygen atoms in total. The number of carbonyl (C=O) groups is 1. The molecule has 3 aromatic rings. The fraction of sp³-hybridized carbons (Fsp3) is 0.222. The smallest absolute Gasteiger partial charge is 0.279 e. The summed E-state index contributed by atoms with van der Waals surface area (Å²) in [4.78, 5) is 17.4. The van der Waals surface area contributed by atoms with Crippen LogP contribution in [0.15, 0.2) is 41.4 Å². The Kier molecular flexibility index (Phi) is 5.98. The summed E-state index contributed by atoms with van der Waals surface area (Å²) >= 11 is 13.9. The molecule has 0 unspecified atom stereocenters. The molecule has 0 bridgehead atoms. The van der Waals surface area contributed by atoms with Crippen LogP contribution in [0.4, 0.5) is 0 Å². The summed E-state index contributed by atoms with van der Waals surface area (Å²) in [6.07, 6.45) is 0. The molecule has 0 saturated carbocycles. The molecule has 2 aromatic carbocycles. The van der Waals surface area contributed by atoms with E-state index >= 15 is 0 Å². The Morgan fingerprint density at radius 2 is 1.88 bits per heavy atom. The van der Waals surface area contributed by atoms with Gasteiger partial charge in [-0.25, -0.2) is 0 Å². The van der Waals surface area contributed by atoms with Crippen LogP contribution in [-0.2, 0) is 11.3 Å². The first kappa shape index (κ1) is 18.9. The largest absolute Gasteiger partial charge is 0.497 e. The number of rotatable bonds is 5. The van der Waals surface area contributed by atoms with Crippen molar-refractivity contribution < 1.29 is 14.3 Å². The van der Waals surface area contributed by atoms with Crippen molar-refractivity contribution in [1.82, 2.24) is 4.57 Å². The molecule has 0 spiro atoms. The highest BCUT2D eigenvalue weighted by molar-refractivity contribution is 7.16. The third kappa shape index (κ3) is 3.78. The molecule has 136 valence electrons. The maximum Gasteiger partial charge on any atom is 0.279 e. The van der Waals surface area contributed by atoms with Crippen molar-refractivity contribution >= 4 is 50.7 Å². The Bertz CT molecular complexity index is 1010. The molecule has 26 heavy (non-hydrogen) atoms. The maximum absolute atomic E-state index is 12.6. The standard InChI is InChI=1S/C18H16Cl2N2O3S/c1-24-10-9-22-16-14(8-7-13(19)15(16)20)26-18(22)21-17(23)11-3-5-12(25-2)6-4-11/h3-8H,9-10H2,1-2H3. The fourth-order valence-corrected chi connectivity index (χ4v) is 4.00. The highest BCUT2D eigenvalue weighted by Crippen LogP contribution is 2.32. The van der Waals surface area contributed by atoms with E-state index in [0.717, 1.165) is 10.2 Å². The van der Waals surface area contributed by atoms with Gasteiger partial charge in [-0.1, -0.05) is 34.5 Å². The zero-order valence-corrected chi connectivity index (χ0v) is 16.5. The number of carbonyl (C=O) groups excluding carboxylic acids is 1. The lowest BCUT2D eigenvalue weighted by Gasteiger charge is -2.06. The Morgan fingerprint density at radius 1 is 1.15 bits per heavy atom. The summed E-state index contributed by atoms with van der Waals surface area (Å²) in [6, 6.07) is 10.4. The number of nitrogens with zero attached hydrogens (tertiary/aromatic N) is 2. The third-order valence-electron chi connectivity index (χ3n) is 3.79. The monoisotopic (exact) mass is 410 g/mol. The van der Waals surface area contributed by atoms with Gasteiger partial charge in [0.05, 0.1) is 34.0 Å². The molecule has 0 aliphatic heterocycles. The van der Waals surface area contributed by atoms with Crippen LogP contribution in [0.3, 0.4) is 0 Å². The van der Waals surface area contributed by atoms with Gasteiger partial charge in [0.2, 0.25) is 0 Å². The molecule has 0 fully saturated rings. The summed E-state index contributed by atoms with van der Waals surface area (Å²) in [6.45, 7) is 0.962. The summed E-state index contributed by atoms with van der Waals surface area (Å²) in [5.41, 5.74) is 1.23. The first-order valence-electron chi connectivity index (χ1n) is 7.74. The van der Waals surface area contributed by atoms with Gasteiger partial charge in [-0.2, -0.15) is 4.99 Å². The summed E-state index contributed by atoms with van der Waals surface area (Å²) in [5, 5.41) is 0.894. The second kappa shape index (κ2) is 8.22. The Morgan fingerprint density at radius 3 is 2.54 bits per heavy atom. The normalized spacial score (nSPS) is 11.9. The van der Waals surface area contributed by atoms with E-state index in [4.69, 9.17) is 32.7 Å². The number of benzene rings is 2. The van der Waals surface area contributed by atoms with Crippen LogP contribution >= 0.6 is 34.5 Å². The molecule has 0 N–H and O–H groups in total. The van der Waals surface area contributed by atoms with E-state index in [1.807, 2.05) is 10.6 Å². The van der Waals surface area contributed by atoms with Gasteiger partial charge < -0.3 is 14.0 Å². The predicted molar refractivity (Wildman–Crippen MR) is 105 cm³/mol. The van der Waals surface area contributed by atoms with Crippen LogP contribution in [0.2, 0.25) is 10.0 Å². The van der Waals surface area contributed by atoms with E-state index in [2.05, 4.69) is 4.99 Å². The van der Waals surface area contributed by atoms with Crippen molar-refractivity contribution in [2.75, 3.05) is 20.8 Å². The van der Waals surface area contributed by atoms with Crippen molar-refractivity contribution in [1.29, 1.82) is 0 Å². The summed E-state index contributed by atoms with van der Waals surface area (Å²) < 4.78 is 13.0. The number of methoxy groups -OCH3 is 2. The molecule has 1 heterocycles. The zero-order chi connectivity index (χ0) is 18.7. The number of thiazole rings is 1. The minimum atomic E-state index is -0.340. The van der Waals surface area contributed by atoms with E-state index in [1.54, 1.807) is 44.6 Å². The van der Waals surface area contributed by atoms with Crippen molar-refractivity contribution in [2.24, 2.45) is 4.99 Å². The molecule has 3 rings (SSSR count). The number of hydrogen-bond acceptors (Lipinski definition) is 4. The van der Waals surface area contributed by atoms with Crippen LogP contribution in [0.1, 0.15) is 10.4 Å². The maximum atomic E-state index is 12.6. The van der Waals surface area contributed by atoms with E-state index in [-0.39, 0.29) is 5.91 Å². The van der Waals surface area contributed by atoms with E-state index < -0.39 is 0 Å². The number of amides is 1. The van der Waals surface area contributed by atoms with Gasteiger partial charge in [0.15, 0.2) is 4.80 Å². The molecule has 0 aliphatic rings. The van der Waals surface area contributed by atoms with Gasteiger partial charge in [0.25, 0.3) is 5.91 Å². The van der Waals surface area contributed by atoms with Crippen LogP contribution in [0.5, 0.6) is 5.75 Å². The lowest BCUT2D eigenvalue weighted by molar-refractivity contribution is 0.0997. The molecule has 1 amide bonds. The molecule has 0 radical (unpaired) electrons. The minimum Gasteiger partial charge on any atom is -0.497 e. The molecule has 0 saturated heterocycles. The van der Waals surface area contributed by atoms with Gasteiger partial charge in [0, 0.05) is 19.2 Å². The van der Waals surface area contributed by atoms with Crippen LogP contribution in [0.25, 0.3) is 10.2 Å². The lowest BCUT2D eigenvalue weighted by atomic mass is 10.2. The van der Waals surface area contributed by atoms with Crippen molar-refractivity contribution in [3.63, 3.8) is 0 Å². The second-order valence-electron chi connectivity index (χ2n) is 5.38. The zero-order valence-electron chi connectivity index (χ0n) is 14.2. The van der Waals surface area contributed by atoms with Gasteiger partial charge >= 0.3 is 0 Å².